The zero-order valence-electron chi connectivity index (χ0n) is 6.11. The Labute approximate surface area is 67.0 Å². The Hall–Kier alpha value is -0.450. The smallest absolute Gasteiger partial charge is 0.108 e. The van der Waals surface area contributed by atoms with Crippen LogP contribution >= 0.6 is 11.6 Å². The van der Waals surface area contributed by atoms with Crippen molar-refractivity contribution >= 4 is 11.6 Å². The summed E-state index contributed by atoms with van der Waals surface area (Å²) < 4.78 is 5.07. The van der Waals surface area contributed by atoms with Crippen molar-refractivity contribution in [3.63, 3.8) is 0 Å². The lowest BCUT2D eigenvalue weighted by molar-refractivity contribution is 0.192. The molecule has 0 atom stereocenters. The van der Waals surface area contributed by atoms with Gasteiger partial charge in [-0.15, -0.1) is 17.5 Å². The molecule has 0 bridgehead atoms. The second kappa shape index (κ2) is 6.67. The van der Waals surface area contributed by atoms with Crippen molar-refractivity contribution in [2.24, 2.45) is 0 Å². The fourth-order valence-corrected chi connectivity index (χ4v) is 0.434. The van der Waals surface area contributed by atoms with Crippen LogP contribution in [0.5, 0.6) is 0 Å². The largest absolute Gasteiger partial charge is 0.364 e. The maximum Gasteiger partial charge on any atom is 0.108 e. The fraction of sp³-hybridized carbons (Fsp3) is 0.500. The quantitative estimate of drug-likeness (QED) is 0.263. The molecule has 0 saturated carbocycles. The van der Waals surface area contributed by atoms with E-state index in [2.05, 4.69) is 18.4 Å². The minimum atomic E-state index is 0.458. The number of alkyl halides is 1. The van der Waals surface area contributed by atoms with Gasteiger partial charge in [0.2, 0.25) is 0 Å². The van der Waals surface area contributed by atoms with E-state index in [9.17, 15) is 0 Å². The molecule has 56 valence electrons. The molecule has 0 unspecified atom stereocenters. The van der Waals surface area contributed by atoms with Crippen LogP contribution in [0, 0.1) is 11.8 Å². The van der Waals surface area contributed by atoms with Gasteiger partial charge in [-0.3, -0.25) is 0 Å². The standard InChI is InChI=1S/C8H11ClO/c1-3-4-5-10-7-8(2)6-9/h2,5-7H2,1H3. The van der Waals surface area contributed by atoms with Crippen molar-refractivity contribution in [3.8, 4) is 11.8 Å². The third kappa shape index (κ3) is 5.68. The molecular weight excluding hydrogens is 148 g/mol. The molecular formula is C8H11ClO. The fourth-order valence-electron chi connectivity index (χ4n) is 0.357. The van der Waals surface area contributed by atoms with Gasteiger partial charge in [0.25, 0.3) is 0 Å². The zero-order chi connectivity index (χ0) is 7.82. The summed E-state index contributed by atoms with van der Waals surface area (Å²) in [6.07, 6.45) is 0. The summed E-state index contributed by atoms with van der Waals surface area (Å²) >= 11 is 5.45. The topological polar surface area (TPSA) is 9.23 Å². The molecule has 0 aromatic carbocycles. The normalized spacial score (nSPS) is 8.20. The molecule has 10 heavy (non-hydrogen) atoms. The van der Waals surface area contributed by atoms with Crippen LogP contribution in [0.15, 0.2) is 12.2 Å². The van der Waals surface area contributed by atoms with Crippen LogP contribution in [-0.2, 0) is 4.74 Å². The highest BCUT2D eigenvalue weighted by atomic mass is 35.5. The van der Waals surface area contributed by atoms with E-state index in [-0.39, 0.29) is 0 Å². The third-order valence-electron chi connectivity index (χ3n) is 0.846. The van der Waals surface area contributed by atoms with Gasteiger partial charge < -0.3 is 4.74 Å². The molecule has 1 nitrogen and oxygen atoms in total. The first-order chi connectivity index (χ1) is 4.81. The molecule has 0 aromatic rings. The van der Waals surface area contributed by atoms with Gasteiger partial charge in [0.05, 0.1) is 6.61 Å². The summed E-state index contributed by atoms with van der Waals surface area (Å²) in [4.78, 5) is 0. The predicted octanol–water partition coefficient (Wildman–Crippen LogP) is 1.82. The van der Waals surface area contributed by atoms with Crippen LogP contribution in [0.2, 0.25) is 0 Å². The number of ether oxygens (including phenoxy) is 1. The second-order valence-corrected chi connectivity index (χ2v) is 2.07. The highest BCUT2D eigenvalue weighted by Crippen LogP contribution is 1.93. The molecule has 0 N–H and O–H groups in total. The van der Waals surface area contributed by atoms with Gasteiger partial charge in [0.1, 0.15) is 6.61 Å². The second-order valence-electron chi connectivity index (χ2n) is 1.80. The van der Waals surface area contributed by atoms with E-state index in [0.717, 1.165) is 5.57 Å². The Morgan fingerprint density at radius 3 is 2.90 bits per heavy atom. The highest BCUT2D eigenvalue weighted by Gasteiger charge is 1.88. The first kappa shape index (κ1) is 9.55. The Kier molecular flexibility index (Phi) is 6.37. The summed E-state index contributed by atoms with van der Waals surface area (Å²) in [6.45, 7) is 6.42. The van der Waals surface area contributed by atoms with E-state index in [1.165, 1.54) is 0 Å². The minimum absolute atomic E-state index is 0.458. The number of hydrogen-bond acceptors (Lipinski definition) is 1. The molecule has 0 amide bonds. The average molecular weight is 159 g/mol. The first-order valence-electron chi connectivity index (χ1n) is 3.01. The lowest BCUT2D eigenvalue weighted by atomic mass is 10.4. The van der Waals surface area contributed by atoms with Crippen LogP contribution in [0.1, 0.15) is 6.92 Å². The Morgan fingerprint density at radius 2 is 2.40 bits per heavy atom. The van der Waals surface area contributed by atoms with E-state index in [1.807, 2.05) is 0 Å². The van der Waals surface area contributed by atoms with E-state index < -0.39 is 0 Å². The molecule has 0 spiro atoms. The lowest BCUT2D eigenvalue weighted by Gasteiger charge is -1.98. The number of halogens is 1. The number of rotatable bonds is 4. The van der Waals surface area contributed by atoms with Crippen LogP contribution in [0.25, 0.3) is 0 Å². The van der Waals surface area contributed by atoms with E-state index >= 15 is 0 Å². The van der Waals surface area contributed by atoms with Crippen molar-refractivity contribution < 1.29 is 4.74 Å². The molecule has 2 heteroatoms. The summed E-state index contributed by atoms with van der Waals surface area (Å²) in [6, 6.07) is 0. The van der Waals surface area contributed by atoms with Crippen LogP contribution < -0.4 is 0 Å². The van der Waals surface area contributed by atoms with Crippen LogP contribution in [-0.4, -0.2) is 19.1 Å². The molecule has 0 saturated heterocycles. The zero-order valence-corrected chi connectivity index (χ0v) is 6.87. The van der Waals surface area contributed by atoms with E-state index in [0.29, 0.717) is 19.1 Å². The summed E-state index contributed by atoms with van der Waals surface area (Å²) in [5, 5.41) is 0. The maximum atomic E-state index is 5.45. The molecule has 0 heterocycles. The Morgan fingerprint density at radius 1 is 1.70 bits per heavy atom. The molecule has 0 aromatic heterocycles. The van der Waals surface area contributed by atoms with Crippen molar-refractivity contribution in [2.45, 2.75) is 6.92 Å². The number of hydrogen-bond donors (Lipinski definition) is 0. The van der Waals surface area contributed by atoms with Gasteiger partial charge in [0.15, 0.2) is 0 Å². The molecule has 0 rings (SSSR count). The lowest BCUT2D eigenvalue weighted by Crippen LogP contribution is -1.98. The Bertz CT molecular complexity index is 152. The van der Waals surface area contributed by atoms with E-state index in [1.54, 1.807) is 6.92 Å². The molecule has 0 aliphatic rings. The summed E-state index contributed by atoms with van der Waals surface area (Å²) in [5.74, 6) is 5.95. The van der Waals surface area contributed by atoms with Gasteiger partial charge in [0, 0.05) is 5.88 Å². The molecule has 0 radical (unpaired) electrons. The predicted molar refractivity (Wildman–Crippen MR) is 44.1 cm³/mol. The summed E-state index contributed by atoms with van der Waals surface area (Å²) in [5.41, 5.74) is 0.888. The first-order valence-corrected chi connectivity index (χ1v) is 3.54. The van der Waals surface area contributed by atoms with Crippen molar-refractivity contribution in [1.29, 1.82) is 0 Å². The van der Waals surface area contributed by atoms with Gasteiger partial charge >= 0.3 is 0 Å². The van der Waals surface area contributed by atoms with Crippen molar-refractivity contribution in [3.05, 3.63) is 12.2 Å². The average Bonchev–Trinajstić information content (AvgIpc) is 1.98. The SMILES string of the molecule is C=C(CCl)COCC#CC. The maximum absolute atomic E-state index is 5.45. The third-order valence-corrected chi connectivity index (χ3v) is 1.22. The van der Waals surface area contributed by atoms with Gasteiger partial charge in [-0.2, -0.15) is 0 Å². The highest BCUT2D eigenvalue weighted by molar-refractivity contribution is 6.19. The monoisotopic (exact) mass is 158 g/mol. The molecule has 0 fully saturated rings. The van der Waals surface area contributed by atoms with Crippen LogP contribution in [0.4, 0.5) is 0 Å². The van der Waals surface area contributed by atoms with Crippen LogP contribution in [0.3, 0.4) is 0 Å². The minimum Gasteiger partial charge on any atom is -0.364 e. The molecule has 0 aliphatic heterocycles. The molecule has 0 aliphatic carbocycles. The van der Waals surface area contributed by atoms with Gasteiger partial charge in [-0.25, -0.2) is 0 Å². The summed E-state index contributed by atoms with van der Waals surface area (Å²) in [7, 11) is 0. The van der Waals surface area contributed by atoms with Crippen molar-refractivity contribution in [2.75, 3.05) is 19.1 Å². The van der Waals surface area contributed by atoms with Gasteiger partial charge in [-0.05, 0) is 12.5 Å². The van der Waals surface area contributed by atoms with E-state index in [4.69, 9.17) is 16.3 Å². The Balaban J connectivity index is 3.17. The van der Waals surface area contributed by atoms with Gasteiger partial charge in [-0.1, -0.05) is 12.5 Å². The van der Waals surface area contributed by atoms with Crippen molar-refractivity contribution in [1.82, 2.24) is 0 Å².